The van der Waals surface area contributed by atoms with E-state index in [2.05, 4.69) is 4.98 Å². The van der Waals surface area contributed by atoms with Crippen molar-refractivity contribution in [3.63, 3.8) is 0 Å². The first-order valence-corrected chi connectivity index (χ1v) is 10.8. The van der Waals surface area contributed by atoms with Gasteiger partial charge in [-0.25, -0.2) is 4.98 Å². The third kappa shape index (κ3) is 6.02. The summed E-state index contributed by atoms with van der Waals surface area (Å²) in [6.45, 7) is 4.00. The summed E-state index contributed by atoms with van der Waals surface area (Å²) in [4.78, 5) is 19.0. The SMILES string of the molecule is CCCN(CC1CCCCO1)C(=O)Cc1csc(-c2cccc(C(F)(F)F)c2)n1. The molecule has 2 heterocycles. The molecule has 0 radical (unpaired) electrons. The van der Waals surface area contributed by atoms with Crippen LogP contribution >= 0.6 is 11.3 Å². The molecule has 0 N–H and O–H groups in total. The van der Waals surface area contributed by atoms with Gasteiger partial charge in [-0.2, -0.15) is 13.2 Å². The molecule has 8 heteroatoms. The van der Waals surface area contributed by atoms with E-state index < -0.39 is 11.7 Å². The Kier molecular flexibility index (Phi) is 7.29. The Morgan fingerprint density at radius 3 is 2.86 bits per heavy atom. The van der Waals surface area contributed by atoms with Gasteiger partial charge in [0.2, 0.25) is 5.91 Å². The first-order chi connectivity index (χ1) is 13.9. The highest BCUT2D eigenvalue weighted by atomic mass is 32.1. The number of hydrogen-bond donors (Lipinski definition) is 0. The number of ether oxygens (including phenoxy) is 1. The second-order valence-corrected chi connectivity index (χ2v) is 8.09. The zero-order chi connectivity index (χ0) is 20.9. The highest BCUT2D eigenvalue weighted by Crippen LogP contribution is 2.33. The lowest BCUT2D eigenvalue weighted by atomic mass is 10.1. The zero-order valence-corrected chi connectivity index (χ0v) is 17.2. The Hall–Kier alpha value is -1.93. The molecule has 1 aromatic heterocycles. The number of rotatable bonds is 7. The Balaban J connectivity index is 1.67. The topological polar surface area (TPSA) is 42.4 Å². The Bertz CT molecular complexity index is 816. The van der Waals surface area contributed by atoms with Crippen molar-refractivity contribution >= 4 is 17.2 Å². The monoisotopic (exact) mass is 426 g/mol. The van der Waals surface area contributed by atoms with Crippen molar-refractivity contribution in [2.24, 2.45) is 0 Å². The van der Waals surface area contributed by atoms with Crippen LogP contribution in [0.2, 0.25) is 0 Å². The number of thiazole rings is 1. The van der Waals surface area contributed by atoms with E-state index in [-0.39, 0.29) is 18.4 Å². The molecule has 0 bridgehead atoms. The Morgan fingerprint density at radius 2 is 2.17 bits per heavy atom. The first-order valence-electron chi connectivity index (χ1n) is 9.88. The third-order valence-corrected chi connectivity index (χ3v) is 5.81. The van der Waals surface area contributed by atoms with Crippen LogP contribution < -0.4 is 0 Å². The van der Waals surface area contributed by atoms with Crippen LogP contribution in [-0.2, 0) is 22.1 Å². The number of carbonyl (C=O) groups excluding carboxylic acids is 1. The average molecular weight is 427 g/mol. The molecule has 3 rings (SSSR count). The first kappa shape index (κ1) is 21.8. The molecule has 2 aromatic rings. The minimum atomic E-state index is -4.39. The molecule has 1 aliphatic heterocycles. The molecule has 0 saturated carbocycles. The molecular weight excluding hydrogens is 401 g/mol. The van der Waals surface area contributed by atoms with Gasteiger partial charge in [0.15, 0.2) is 0 Å². The minimum Gasteiger partial charge on any atom is -0.376 e. The standard InChI is InChI=1S/C21H25F3N2O2S/c1-2-9-26(13-18-8-3-4-10-28-18)19(27)12-17-14-29-20(25-17)15-6-5-7-16(11-15)21(22,23)24/h5-7,11,14,18H,2-4,8-10,12-13H2,1H3. The fourth-order valence-electron chi connectivity index (χ4n) is 3.40. The van der Waals surface area contributed by atoms with Crippen molar-refractivity contribution in [1.29, 1.82) is 0 Å². The lowest BCUT2D eigenvalue weighted by molar-refractivity contribution is -0.137. The van der Waals surface area contributed by atoms with Gasteiger partial charge in [-0.05, 0) is 37.8 Å². The van der Waals surface area contributed by atoms with Crippen LogP contribution in [0.4, 0.5) is 13.2 Å². The summed E-state index contributed by atoms with van der Waals surface area (Å²) < 4.78 is 44.6. The average Bonchev–Trinajstić information content (AvgIpc) is 3.16. The number of aromatic nitrogens is 1. The van der Waals surface area contributed by atoms with Gasteiger partial charge >= 0.3 is 6.18 Å². The van der Waals surface area contributed by atoms with Crippen LogP contribution in [0.25, 0.3) is 10.6 Å². The second-order valence-electron chi connectivity index (χ2n) is 7.23. The molecule has 1 aromatic carbocycles. The Morgan fingerprint density at radius 1 is 1.34 bits per heavy atom. The molecule has 29 heavy (non-hydrogen) atoms. The highest BCUT2D eigenvalue weighted by Gasteiger charge is 2.30. The molecule has 1 atom stereocenters. The molecule has 4 nitrogen and oxygen atoms in total. The van der Waals surface area contributed by atoms with Crippen molar-refractivity contribution in [3.8, 4) is 10.6 Å². The van der Waals surface area contributed by atoms with Crippen LogP contribution in [0.5, 0.6) is 0 Å². The van der Waals surface area contributed by atoms with Crippen LogP contribution in [-0.4, -0.2) is 41.6 Å². The van der Waals surface area contributed by atoms with Gasteiger partial charge in [0, 0.05) is 30.6 Å². The predicted octanol–water partition coefficient (Wildman–Crippen LogP) is 5.18. The van der Waals surface area contributed by atoms with Crippen molar-refractivity contribution in [1.82, 2.24) is 9.88 Å². The smallest absolute Gasteiger partial charge is 0.376 e. The summed E-state index contributed by atoms with van der Waals surface area (Å²) >= 11 is 1.25. The van der Waals surface area contributed by atoms with Crippen LogP contribution in [0.15, 0.2) is 29.6 Å². The normalized spacial score (nSPS) is 17.3. The maximum atomic E-state index is 12.9. The number of carbonyl (C=O) groups is 1. The predicted molar refractivity (Wildman–Crippen MR) is 107 cm³/mol. The summed E-state index contributed by atoms with van der Waals surface area (Å²) in [6, 6.07) is 5.10. The molecule has 1 amide bonds. The van der Waals surface area contributed by atoms with E-state index in [1.165, 1.54) is 17.4 Å². The summed E-state index contributed by atoms with van der Waals surface area (Å²) in [7, 11) is 0. The summed E-state index contributed by atoms with van der Waals surface area (Å²) in [5, 5.41) is 2.23. The van der Waals surface area contributed by atoms with Crippen LogP contribution in [0, 0.1) is 0 Å². The Labute approximate surface area is 172 Å². The quantitative estimate of drug-likeness (QED) is 0.613. The van der Waals surface area contributed by atoms with Crippen molar-refractivity contribution in [2.45, 2.75) is 51.3 Å². The van der Waals surface area contributed by atoms with Gasteiger partial charge in [0.25, 0.3) is 0 Å². The van der Waals surface area contributed by atoms with Gasteiger partial charge < -0.3 is 9.64 Å². The van der Waals surface area contributed by atoms with Gasteiger partial charge in [-0.15, -0.1) is 11.3 Å². The molecule has 0 spiro atoms. The van der Waals surface area contributed by atoms with E-state index in [4.69, 9.17) is 4.74 Å². The van der Waals surface area contributed by atoms with Gasteiger partial charge in [0.05, 0.1) is 23.8 Å². The zero-order valence-electron chi connectivity index (χ0n) is 16.4. The van der Waals surface area contributed by atoms with E-state index >= 15 is 0 Å². The molecule has 1 fully saturated rings. The maximum Gasteiger partial charge on any atom is 0.416 e. The van der Waals surface area contributed by atoms with Crippen molar-refractivity contribution in [3.05, 3.63) is 40.9 Å². The van der Waals surface area contributed by atoms with E-state index in [9.17, 15) is 18.0 Å². The molecule has 1 unspecified atom stereocenters. The van der Waals surface area contributed by atoms with Gasteiger partial charge in [-0.1, -0.05) is 19.1 Å². The lowest BCUT2D eigenvalue weighted by Crippen LogP contribution is -2.41. The van der Waals surface area contributed by atoms with Crippen molar-refractivity contribution < 1.29 is 22.7 Å². The fourth-order valence-corrected chi connectivity index (χ4v) is 4.22. The number of nitrogens with zero attached hydrogens (tertiary/aromatic N) is 2. The minimum absolute atomic E-state index is 0.0260. The third-order valence-electron chi connectivity index (χ3n) is 4.87. The number of benzene rings is 1. The van der Waals surface area contributed by atoms with E-state index in [1.807, 2.05) is 11.8 Å². The summed E-state index contributed by atoms with van der Waals surface area (Å²) in [6.07, 6.45) is -0.179. The molecule has 158 valence electrons. The fraction of sp³-hybridized carbons (Fsp3) is 0.524. The van der Waals surface area contributed by atoms with E-state index in [0.717, 1.165) is 44.4 Å². The molecule has 0 aliphatic carbocycles. The van der Waals surface area contributed by atoms with E-state index in [0.29, 0.717) is 29.4 Å². The summed E-state index contributed by atoms with van der Waals surface area (Å²) in [5.41, 5.74) is 0.284. The molecule has 1 saturated heterocycles. The molecule has 1 aliphatic rings. The van der Waals surface area contributed by atoms with Crippen molar-refractivity contribution in [2.75, 3.05) is 19.7 Å². The van der Waals surface area contributed by atoms with E-state index in [1.54, 1.807) is 11.4 Å². The van der Waals surface area contributed by atoms with Crippen LogP contribution in [0.3, 0.4) is 0 Å². The lowest BCUT2D eigenvalue weighted by Gasteiger charge is -2.29. The number of halogens is 3. The second kappa shape index (κ2) is 9.71. The van der Waals surface area contributed by atoms with Gasteiger partial charge in [-0.3, -0.25) is 4.79 Å². The summed E-state index contributed by atoms with van der Waals surface area (Å²) in [5.74, 6) is -0.0260. The van der Waals surface area contributed by atoms with Crippen LogP contribution in [0.1, 0.15) is 43.9 Å². The molecular formula is C21H25F3N2O2S. The number of alkyl halides is 3. The van der Waals surface area contributed by atoms with Gasteiger partial charge in [0.1, 0.15) is 5.01 Å². The largest absolute Gasteiger partial charge is 0.416 e. The highest BCUT2D eigenvalue weighted by molar-refractivity contribution is 7.13. The number of hydrogen-bond acceptors (Lipinski definition) is 4. The maximum absolute atomic E-state index is 12.9. The number of amides is 1.